The number of hydrogen-bond donors (Lipinski definition) is 0. The van der Waals surface area contributed by atoms with Gasteiger partial charge >= 0.3 is 0 Å². The van der Waals surface area contributed by atoms with Gasteiger partial charge in [-0.2, -0.15) is 0 Å². The predicted molar refractivity (Wildman–Crippen MR) is 118 cm³/mol. The molecule has 0 bridgehead atoms. The molecule has 10 heteroatoms. The topological polar surface area (TPSA) is 77.3 Å². The predicted octanol–water partition coefficient (Wildman–Crippen LogP) is 3.32. The molecule has 3 heterocycles. The molecule has 0 aliphatic carbocycles. The molecule has 1 unspecified atom stereocenters. The van der Waals surface area contributed by atoms with Gasteiger partial charge in [0.1, 0.15) is 0 Å². The van der Waals surface area contributed by atoms with Gasteiger partial charge in [0, 0.05) is 65.5 Å². The first-order valence-electron chi connectivity index (χ1n) is 9.34. The minimum absolute atomic E-state index is 0.130. The highest BCUT2D eigenvalue weighted by molar-refractivity contribution is 7.84. The van der Waals surface area contributed by atoms with Gasteiger partial charge in [0.05, 0.1) is 35.1 Å². The van der Waals surface area contributed by atoms with Crippen molar-refractivity contribution < 1.29 is 13.7 Å². The van der Waals surface area contributed by atoms with Gasteiger partial charge in [0.25, 0.3) is 5.91 Å². The SMILES string of the molecule is COc1cnc(C(=O)N2CCc3c(c4ccc(Cl)c(Cl)c4n3CCS(C)=O)C2)nc1. The maximum atomic E-state index is 13.0. The van der Waals surface area contributed by atoms with Crippen LogP contribution in [0.15, 0.2) is 24.5 Å². The van der Waals surface area contributed by atoms with Crippen molar-refractivity contribution in [3.05, 3.63) is 51.7 Å². The van der Waals surface area contributed by atoms with Crippen molar-refractivity contribution in [3.8, 4) is 5.75 Å². The minimum Gasteiger partial charge on any atom is -0.494 e. The average Bonchev–Trinajstić information content (AvgIpc) is 3.07. The Morgan fingerprint density at radius 3 is 2.67 bits per heavy atom. The Labute approximate surface area is 186 Å². The standard InChI is InChI=1S/C20H20Cl2N4O3S/c1-29-12-9-23-19(24-10-12)20(27)25-6-5-16-14(11-25)13-3-4-15(21)17(22)18(13)26(16)7-8-30(2)28/h3-4,9-10H,5-8,11H2,1-2H3. The molecule has 1 aliphatic rings. The van der Waals surface area contributed by atoms with Crippen LogP contribution in [0.2, 0.25) is 10.0 Å². The summed E-state index contributed by atoms with van der Waals surface area (Å²) >= 11 is 12.8. The molecular formula is C20H20Cl2N4O3S. The maximum Gasteiger partial charge on any atom is 0.291 e. The summed E-state index contributed by atoms with van der Waals surface area (Å²) in [6, 6.07) is 3.70. The van der Waals surface area contributed by atoms with E-state index >= 15 is 0 Å². The molecule has 4 rings (SSSR count). The second-order valence-corrected chi connectivity index (χ2v) is 9.37. The van der Waals surface area contributed by atoms with E-state index in [9.17, 15) is 9.00 Å². The molecule has 0 fully saturated rings. The lowest BCUT2D eigenvalue weighted by atomic mass is 10.0. The molecule has 0 saturated heterocycles. The number of carbonyl (C=O) groups is 1. The molecule has 0 spiro atoms. The molecule has 7 nitrogen and oxygen atoms in total. The Morgan fingerprint density at radius 2 is 2.00 bits per heavy atom. The van der Waals surface area contributed by atoms with Crippen molar-refractivity contribution in [1.29, 1.82) is 0 Å². The number of hydrogen-bond acceptors (Lipinski definition) is 5. The van der Waals surface area contributed by atoms with Crippen molar-refractivity contribution in [2.45, 2.75) is 19.5 Å². The molecule has 1 aromatic carbocycles. The van der Waals surface area contributed by atoms with Crippen LogP contribution >= 0.6 is 23.2 Å². The number of nitrogens with zero attached hydrogens (tertiary/aromatic N) is 4. The largest absolute Gasteiger partial charge is 0.494 e. The van der Waals surface area contributed by atoms with Gasteiger partial charge in [-0.1, -0.05) is 29.3 Å². The van der Waals surface area contributed by atoms with Crippen molar-refractivity contribution in [2.24, 2.45) is 0 Å². The molecule has 0 saturated carbocycles. The van der Waals surface area contributed by atoms with E-state index in [4.69, 9.17) is 27.9 Å². The number of ether oxygens (including phenoxy) is 1. The number of amides is 1. The van der Waals surface area contributed by atoms with Crippen LogP contribution in [0.1, 0.15) is 21.9 Å². The monoisotopic (exact) mass is 466 g/mol. The van der Waals surface area contributed by atoms with Crippen LogP contribution in [-0.2, 0) is 30.3 Å². The first-order valence-corrected chi connectivity index (χ1v) is 11.8. The third-order valence-corrected chi connectivity index (χ3v) is 6.80. The lowest BCUT2D eigenvalue weighted by Crippen LogP contribution is -2.37. The molecule has 30 heavy (non-hydrogen) atoms. The Morgan fingerprint density at radius 1 is 1.27 bits per heavy atom. The van der Waals surface area contributed by atoms with Gasteiger partial charge in [0.15, 0.2) is 5.75 Å². The van der Waals surface area contributed by atoms with Crippen LogP contribution in [0.4, 0.5) is 0 Å². The summed E-state index contributed by atoms with van der Waals surface area (Å²) in [7, 11) is 0.585. The fraction of sp³-hybridized carbons (Fsp3) is 0.350. The van der Waals surface area contributed by atoms with Crippen molar-refractivity contribution >= 4 is 50.8 Å². The molecule has 0 radical (unpaired) electrons. The molecule has 3 aromatic rings. The van der Waals surface area contributed by atoms with Gasteiger partial charge in [-0.15, -0.1) is 0 Å². The summed E-state index contributed by atoms with van der Waals surface area (Å²) in [4.78, 5) is 22.9. The normalized spacial score (nSPS) is 14.6. The molecule has 2 aromatic heterocycles. The summed E-state index contributed by atoms with van der Waals surface area (Å²) in [5.74, 6) is 0.904. The number of methoxy groups -OCH3 is 1. The van der Waals surface area contributed by atoms with Crippen molar-refractivity contribution in [2.75, 3.05) is 25.7 Å². The minimum atomic E-state index is -0.936. The zero-order chi connectivity index (χ0) is 21.4. The van der Waals surface area contributed by atoms with Crippen LogP contribution in [0.25, 0.3) is 10.9 Å². The van der Waals surface area contributed by atoms with E-state index in [-0.39, 0.29) is 11.7 Å². The van der Waals surface area contributed by atoms with Crippen LogP contribution in [0.3, 0.4) is 0 Å². The maximum absolute atomic E-state index is 13.0. The van der Waals surface area contributed by atoms with Crippen LogP contribution in [-0.4, -0.2) is 55.2 Å². The van der Waals surface area contributed by atoms with E-state index in [0.29, 0.717) is 47.6 Å². The second-order valence-electron chi connectivity index (χ2n) is 7.03. The molecule has 1 aliphatic heterocycles. The van der Waals surface area contributed by atoms with Gasteiger partial charge in [-0.25, -0.2) is 9.97 Å². The van der Waals surface area contributed by atoms with Crippen molar-refractivity contribution in [3.63, 3.8) is 0 Å². The Hall–Kier alpha value is -2.16. The molecule has 0 N–H and O–H groups in total. The Balaban J connectivity index is 1.72. The summed E-state index contributed by atoms with van der Waals surface area (Å²) in [5.41, 5.74) is 2.95. The number of aryl methyl sites for hydroxylation is 1. The third kappa shape index (κ3) is 3.79. The van der Waals surface area contributed by atoms with E-state index in [0.717, 1.165) is 22.2 Å². The zero-order valence-electron chi connectivity index (χ0n) is 16.5. The summed E-state index contributed by atoms with van der Waals surface area (Å²) < 4.78 is 18.9. The summed E-state index contributed by atoms with van der Waals surface area (Å²) in [5, 5.41) is 1.90. The van der Waals surface area contributed by atoms with Gasteiger partial charge in [-0.05, 0) is 6.07 Å². The van der Waals surface area contributed by atoms with Gasteiger partial charge < -0.3 is 14.2 Å². The zero-order valence-corrected chi connectivity index (χ0v) is 18.9. The van der Waals surface area contributed by atoms with E-state index in [1.54, 1.807) is 17.2 Å². The Bertz CT molecular complexity index is 1150. The van der Waals surface area contributed by atoms with E-state index in [2.05, 4.69) is 14.5 Å². The summed E-state index contributed by atoms with van der Waals surface area (Å²) in [6.45, 7) is 1.52. The van der Waals surface area contributed by atoms with Crippen molar-refractivity contribution in [1.82, 2.24) is 19.4 Å². The first-order chi connectivity index (χ1) is 14.4. The number of halogens is 2. The molecular weight excluding hydrogens is 447 g/mol. The smallest absolute Gasteiger partial charge is 0.291 e. The van der Waals surface area contributed by atoms with Gasteiger partial charge in [-0.3, -0.25) is 9.00 Å². The highest BCUT2D eigenvalue weighted by Crippen LogP contribution is 2.38. The van der Waals surface area contributed by atoms with Gasteiger partial charge in [0.2, 0.25) is 5.82 Å². The fourth-order valence-electron chi connectivity index (χ4n) is 3.79. The molecule has 1 amide bonds. The fourth-order valence-corrected chi connectivity index (χ4v) is 4.65. The number of aromatic nitrogens is 3. The second kappa shape index (κ2) is 8.53. The van der Waals surface area contributed by atoms with Crippen LogP contribution in [0, 0.1) is 0 Å². The quantitative estimate of drug-likeness (QED) is 0.576. The van der Waals surface area contributed by atoms with E-state index in [1.165, 1.54) is 19.5 Å². The number of rotatable bonds is 5. The van der Waals surface area contributed by atoms with E-state index in [1.807, 2.05) is 6.07 Å². The highest BCUT2D eigenvalue weighted by Gasteiger charge is 2.29. The lowest BCUT2D eigenvalue weighted by molar-refractivity contribution is 0.0721. The van der Waals surface area contributed by atoms with Crippen LogP contribution in [0.5, 0.6) is 5.75 Å². The number of benzene rings is 1. The highest BCUT2D eigenvalue weighted by atomic mass is 35.5. The van der Waals surface area contributed by atoms with Crippen LogP contribution < -0.4 is 4.74 Å². The molecule has 158 valence electrons. The molecule has 1 atom stereocenters. The summed E-state index contributed by atoms with van der Waals surface area (Å²) in [6.07, 6.45) is 5.29. The lowest BCUT2D eigenvalue weighted by Gasteiger charge is -2.27. The third-order valence-electron chi connectivity index (χ3n) is 5.25. The average molecular weight is 467 g/mol. The van der Waals surface area contributed by atoms with E-state index < -0.39 is 10.8 Å². The number of carbonyl (C=O) groups excluding carboxylic acids is 1. The number of fused-ring (bicyclic) bond motifs is 3. The Kier molecular flexibility index (Phi) is 5.99. The first kappa shape index (κ1) is 21.1.